The number of aryl methyl sites for hydroxylation is 1. The van der Waals surface area contributed by atoms with E-state index in [4.69, 9.17) is 0 Å². The molecule has 0 radical (unpaired) electrons. The van der Waals surface area contributed by atoms with Crippen LogP contribution in [0.15, 0.2) is 66.7 Å². The molecule has 0 atom stereocenters. The highest BCUT2D eigenvalue weighted by Gasteiger charge is 2.31. The van der Waals surface area contributed by atoms with Gasteiger partial charge in [0, 0.05) is 11.1 Å². The number of benzene rings is 3. The van der Waals surface area contributed by atoms with Crippen LogP contribution in [0.25, 0.3) is 22.3 Å². The van der Waals surface area contributed by atoms with E-state index in [0.717, 1.165) is 41.7 Å². The molecule has 0 amide bonds. The van der Waals surface area contributed by atoms with Gasteiger partial charge in [0.1, 0.15) is 5.82 Å². The molecule has 2 aliphatic rings. The highest BCUT2D eigenvalue weighted by molar-refractivity contribution is 5.71. The highest BCUT2D eigenvalue weighted by Crippen LogP contribution is 2.45. The Morgan fingerprint density at radius 3 is 1.90 bits per heavy atom. The number of hydrogen-bond donors (Lipinski definition) is 0. The van der Waals surface area contributed by atoms with Crippen LogP contribution < -0.4 is 0 Å². The second-order valence-electron chi connectivity index (χ2n) is 11.9. The summed E-state index contributed by atoms with van der Waals surface area (Å²) in [5.41, 5.74) is 3.46. The average molecular weight is 531 g/mol. The van der Waals surface area contributed by atoms with Gasteiger partial charge in [0.2, 0.25) is 0 Å². The summed E-state index contributed by atoms with van der Waals surface area (Å²) < 4.78 is 43.7. The summed E-state index contributed by atoms with van der Waals surface area (Å²) >= 11 is 0. The minimum Gasteiger partial charge on any atom is -0.206 e. The van der Waals surface area contributed by atoms with Crippen molar-refractivity contribution in [1.82, 2.24) is 0 Å². The Morgan fingerprint density at radius 1 is 0.692 bits per heavy atom. The van der Waals surface area contributed by atoms with Gasteiger partial charge < -0.3 is 0 Å². The van der Waals surface area contributed by atoms with Crippen molar-refractivity contribution in [2.45, 2.75) is 84.0 Å². The molecule has 2 saturated carbocycles. The standard InChI is InChI=1S/C36H41F3/c1-3-4-5-6-25-8-10-26(11-9-25)27-12-14-28(15-13-27)31-20-22-32(34(37)23-31)29-16-18-30(19-17-29)33-21-7-24(2)35(38)36(33)39/h3-4,7,16-23,25-28H,5-6,8-15H2,1-2H3. The van der Waals surface area contributed by atoms with Gasteiger partial charge in [-0.3, -0.25) is 0 Å². The molecule has 3 heteroatoms. The first-order valence-corrected chi connectivity index (χ1v) is 14.9. The summed E-state index contributed by atoms with van der Waals surface area (Å²) in [6, 6.07) is 15.9. The highest BCUT2D eigenvalue weighted by atomic mass is 19.2. The third kappa shape index (κ3) is 6.34. The fraction of sp³-hybridized carbons (Fsp3) is 0.444. The monoisotopic (exact) mass is 530 g/mol. The van der Waals surface area contributed by atoms with Crippen LogP contribution in [0, 0.1) is 42.1 Å². The molecule has 2 aliphatic carbocycles. The lowest BCUT2D eigenvalue weighted by Crippen LogP contribution is -2.25. The Kier molecular flexibility index (Phi) is 8.95. The molecular weight excluding hydrogens is 489 g/mol. The molecule has 5 rings (SSSR count). The number of rotatable bonds is 7. The van der Waals surface area contributed by atoms with Crippen molar-refractivity contribution < 1.29 is 13.2 Å². The van der Waals surface area contributed by atoms with Gasteiger partial charge >= 0.3 is 0 Å². The lowest BCUT2D eigenvalue weighted by atomic mass is 9.68. The first-order chi connectivity index (χ1) is 18.9. The Hall–Kier alpha value is -2.81. The van der Waals surface area contributed by atoms with Gasteiger partial charge in [-0.25, -0.2) is 13.2 Å². The fourth-order valence-corrected chi connectivity index (χ4v) is 7.09. The van der Waals surface area contributed by atoms with Gasteiger partial charge in [0.05, 0.1) is 0 Å². The molecule has 2 fully saturated rings. The molecule has 0 N–H and O–H groups in total. The van der Waals surface area contributed by atoms with Crippen LogP contribution in [-0.4, -0.2) is 0 Å². The molecule has 0 aliphatic heterocycles. The summed E-state index contributed by atoms with van der Waals surface area (Å²) in [7, 11) is 0. The van der Waals surface area contributed by atoms with Gasteiger partial charge in [0.25, 0.3) is 0 Å². The van der Waals surface area contributed by atoms with E-state index in [9.17, 15) is 8.78 Å². The first kappa shape index (κ1) is 27.7. The third-order valence-electron chi connectivity index (χ3n) is 9.55. The molecule has 0 spiro atoms. The predicted molar refractivity (Wildman–Crippen MR) is 156 cm³/mol. The zero-order chi connectivity index (χ0) is 27.4. The Labute approximate surface area is 232 Å². The maximum Gasteiger partial charge on any atom is 0.166 e. The molecule has 3 aromatic rings. The molecule has 0 heterocycles. The van der Waals surface area contributed by atoms with Crippen molar-refractivity contribution in [3.8, 4) is 22.3 Å². The van der Waals surface area contributed by atoms with Gasteiger partial charge in [-0.2, -0.15) is 0 Å². The van der Waals surface area contributed by atoms with E-state index in [1.165, 1.54) is 51.4 Å². The average Bonchev–Trinajstić information content (AvgIpc) is 2.97. The zero-order valence-corrected chi connectivity index (χ0v) is 23.4. The summed E-state index contributed by atoms with van der Waals surface area (Å²) in [4.78, 5) is 0. The van der Waals surface area contributed by atoms with Crippen molar-refractivity contribution in [2.24, 2.45) is 17.8 Å². The summed E-state index contributed by atoms with van der Waals surface area (Å²) in [5, 5.41) is 0. The Balaban J connectivity index is 1.18. The predicted octanol–water partition coefficient (Wildman–Crippen LogP) is 11.2. The van der Waals surface area contributed by atoms with E-state index in [-0.39, 0.29) is 16.9 Å². The molecule has 3 aromatic carbocycles. The van der Waals surface area contributed by atoms with Crippen LogP contribution in [0.5, 0.6) is 0 Å². The van der Waals surface area contributed by atoms with Crippen molar-refractivity contribution in [2.75, 3.05) is 0 Å². The molecule has 206 valence electrons. The first-order valence-electron chi connectivity index (χ1n) is 14.9. The maximum absolute atomic E-state index is 15.3. The second-order valence-corrected chi connectivity index (χ2v) is 11.9. The smallest absolute Gasteiger partial charge is 0.166 e. The van der Waals surface area contributed by atoms with Crippen molar-refractivity contribution in [1.29, 1.82) is 0 Å². The van der Waals surface area contributed by atoms with E-state index in [1.807, 2.05) is 6.07 Å². The van der Waals surface area contributed by atoms with Gasteiger partial charge in [0.15, 0.2) is 11.6 Å². The van der Waals surface area contributed by atoms with Crippen LogP contribution >= 0.6 is 0 Å². The number of allylic oxidation sites excluding steroid dienone is 2. The van der Waals surface area contributed by atoms with Crippen molar-refractivity contribution >= 4 is 0 Å². The van der Waals surface area contributed by atoms with E-state index >= 15 is 4.39 Å². The van der Waals surface area contributed by atoms with E-state index in [1.54, 1.807) is 49.4 Å². The Morgan fingerprint density at radius 2 is 1.28 bits per heavy atom. The Bertz CT molecular complexity index is 1270. The van der Waals surface area contributed by atoms with Gasteiger partial charge in [-0.05, 0) is 117 Å². The quantitative estimate of drug-likeness (QED) is 0.267. The van der Waals surface area contributed by atoms with Gasteiger partial charge in [-0.15, -0.1) is 0 Å². The van der Waals surface area contributed by atoms with E-state index in [0.29, 0.717) is 17.0 Å². The van der Waals surface area contributed by atoms with Crippen LogP contribution in [0.2, 0.25) is 0 Å². The fourth-order valence-electron chi connectivity index (χ4n) is 7.09. The van der Waals surface area contributed by atoms with Crippen molar-refractivity contribution in [3.63, 3.8) is 0 Å². The van der Waals surface area contributed by atoms with Crippen LogP contribution in [-0.2, 0) is 0 Å². The molecule has 0 aromatic heterocycles. The minimum absolute atomic E-state index is 0.216. The lowest BCUT2D eigenvalue weighted by Gasteiger charge is -2.38. The van der Waals surface area contributed by atoms with Crippen LogP contribution in [0.1, 0.15) is 88.2 Å². The molecule has 0 nitrogen and oxygen atoms in total. The van der Waals surface area contributed by atoms with Crippen molar-refractivity contribution in [3.05, 3.63) is 95.3 Å². The van der Waals surface area contributed by atoms with Gasteiger partial charge in [-0.1, -0.05) is 73.5 Å². The normalized spacial score (nSPS) is 23.8. The molecule has 39 heavy (non-hydrogen) atoms. The lowest BCUT2D eigenvalue weighted by molar-refractivity contribution is 0.157. The maximum atomic E-state index is 15.3. The van der Waals surface area contributed by atoms with E-state index < -0.39 is 11.6 Å². The van der Waals surface area contributed by atoms with Crippen LogP contribution in [0.4, 0.5) is 13.2 Å². The van der Waals surface area contributed by atoms with Crippen LogP contribution in [0.3, 0.4) is 0 Å². The largest absolute Gasteiger partial charge is 0.206 e. The molecule has 0 bridgehead atoms. The third-order valence-corrected chi connectivity index (χ3v) is 9.55. The summed E-state index contributed by atoms with van der Waals surface area (Å²) in [6.45, 7) is 3.65. The van der Waals surface area contributed by atoms with E-state index in [2.05, 4.69) is 25.1 Å². The number of halogens is 3. The molecule has 0 saturated heterocycles. The second kappa shape index (κ2) is 12.6. The number of hydrogen-bond acceptors (Lipinski definition) is 0. The minimum atomic E-state index is -0.847. The zero-order valence-electron chi connectivity index (χ0n) is 23.4. The molecular formula is C36H41F3. The summed E-state index contributed by atoms with van der Waals surface area (Å²) in [6.07, 6.45) is 17.5. The molecule has 0 unspecified atom stereocenters. The SMILES string of the molecule is CC=CCCC1CCC(C2CCC(c3ccc(-c4ccc(-c5ccc(C)c(F)c5F)cc4)c(F)c3)CC2)CC1. The topological polar surface area (TPSA) is 0 Å². The summed E-state index contributed by atoms with van der Waals surface area (Å²) in [5.74, 6) is 1.19.